The van der Waals surface area contributed by atoms with Crippen LogP contribution in [0, 0.1) is 0 Å². The average molecular weight is 316 g/mol. The van der Waals surface area contributed by atoms with Crippen molar-refractivity contribution in [2.24, 2.45) is 0 Å². The summed E-state index contributed by atoms with van der Waals surface area (Å²) in [6.07, 6.45) is 0.645. The van der Waals surface area contributed by atoms with Crippen LogP contribution >= 0.6 is 11.6 Å². The number of carbonyl (C=O) groups excluding carboxylic acids is 1. The lowest BCUT2D eigenvalue weighted by Crippen LogP contribution is -2.40. The van der Waals surface area contributed by atoms with E-state index in [0.717, 1.165) is 0 Å². The summed E-state index contributed by atoms with van der Waals surface area (Å²) >= 11 is 5.99. The van der Waals surface area contributed by atoms with Gasteiger partial charge in [-0.2, -0.15) is 0 Å². The fraction of sp³-hybridized carbons (Fsp3) is 0.571. The molecule has 0 atom stereocenters. The zero-order valence-electron chi connectivity index (χ0n) is 12.9. The molecule has 0 amide bonds. The highest BCUT2D eigenvalue weighted by molar-refractivity contribution is 6.74. The molecule has 4 nitrogen and oxygen atoms in total. The Hall–Kier alpha value is -0.913. The van der Waals surface area contributed by atoms with Gasteiger partial charge in [-0.15, -0.1) is 0 Å². The molecule has 0 spiro atoms. The van der Waals surface area contributed by atoms with Gasteiger partial charge in [0.15, 0.2) is 14.6 Å². The van der Waals surface area contributed by atoms with Gasteiger partial charge in [0.05, 0.1) is 25.0 Å². The van der Waals surface area contributed by atoms with E-state index in [2.05, 4.69) is 38.8 Å². The lowest BCUT2D eigenvalue weighted by atomic mass is 10.2. The summed E-state index contributed by atoms with van der Waals surface area (Å²) in [6, 6.07) is 1.70. The first-order valence-electron chi connectivity index (χ1n) is 6.45. The Morgan fingerprint density at radius 3 is 2.45 bits per heavy atom. The predicted molar refractivity (Wildman–Crippen MR) is 83.2 cm³/mol. The number of nitrogens with zero attached hydrogens (tertiary/aromatic N) is 1. The summed E-state index contributed by atoms with van der Waals surface area (Å²) in [5, 5.41) is 0.275. The molecular formula is C14H22ClNO3Si. The minimum Gasteiger partial charge on any atom is -0.496 e. The molecule has 0 aliphatic rings. The maximum Gasteiger partial charge on any atom is 0.192 e. The van der Waals surface area contributed by atoms with E-state index in [1.165, 1.54) is 7.11 Å². The largest absolute Gasteiger partial charge is 0.496 e. The molecule has 20 heavy (non-hydrogen) atoms. The van der Waals surface area contributed by atoms with E-state index in [4.69, 9.17) is 20.8 Å². The molecule has 0 unspecified atom stereocenters. The van der Waals surface area contributed by atoms with Crippen molar-refractivity contribution in [3.63, 3.8) is 0 Å². The fourth-order valence-corrected chi connectivity index (χ4v) is 2.56. The van der Waals surface area contributed by atoms with E-state index in [9.17, 15) is 4.79 Å². The first-order chi connectivity index (χ1) is 9.12. The molecule has 0 N–H and O–H groups in total. The third-order valence-corrected chi connectivity index (χ3v) is 8.52. The average Bonchev–Trinajstić information content (AvgIpc) is 2.34. The molecule has 0 fully saturated rings. The van der Waals surface area contributed by atoms with Crippen LogP contribution in [-0.4, -0.2) is 26.7 Å². The monoisotopic (exact) mass is 315 g/mol. The van der Waals surface area contributed by atoms with E-state index in [1.54, 1.807) is 6.07 Å². The second kappa shape index (κ2) is 6.24. The number of ether oxygens (including phenoxy) is 1. The van der Waals surface area contributed by atoms with Gasteiger partial charge >= 0.3 is 0 Å². The Morgan fingerprint density at radius 2 is 2.00 bits per heavy atom. The molecule has 1 rings (SSSR count). The van der Waals surface area contributed by atoms with Gasteiger partial charge < -0.3 is 9.16 Å². The molecule has 1 aromatic rings. The second-order valence-corrected chi connectivity index (χ2v) is 11.4. The zero-order chi connectivity index (χ0) is 15.6. The molecule has 0 saturated carbocycles. The highest BCUT2D eigenvalue weighted by Crippen LogP contribution is 2.37. The van der Waals surface area contributed by atoms with Gasteiger partial charge in [0.2, 0.25) is 0 Å². The van der Waals surface area contributed by atoms with E-state index in [-0.39, 0.29) is 15.8 Å². The van der Waals surface area contributed by atoms with E-state index in [1.807, 2.05) is 0 Å². The number of aldehydes is 1. The van der Waals surface area contributed by atoms with E-state index >= 15 is 0 Å². The zero-order valence-corrected chi connectivity index (χ0v) is 14.7. The summed E-state index contributed by atoms with van der Waals surface area (Å²) in [5.74, 6) is 0.425. The highest BCUT2D eigenvalue weighted by atomic mass is 35.5. The molecule has 1 aromatic heterocycles. The molecule has 6 heteroatoms. The number of methoxy groups -OCH3 is 1. The highest BCUT2D eigenvalue weighted by Gasteiger charge is 2.37. The normalized spacial score (nSPS) is 12.3. The van der Waals surface area contributed by atoms with Crippen molar-refractivity contribution >= 4 is 26.2 Å². The Labute approximate surface area is 126 Å². The van der Waals surface area contributed by atoms with Gasteiger partial charge in [0.25, 0.3) is 0 Å². The fourth-order valence-electron chi connectivity index (χ4n) is 1.37. The summed E-state index contributed by atoms with van der Waals surface area (Å²) in [7, 11) is -0.351. The second-order valence-electron chi connectivity index (χ2n) is 6.19. The number of pyridine rings is 1. The predicted octanol–water partition coefficient (Wildman–Crippen LogP) is 4.08. The quantitative estimate of drug-likeness (QED) is 0.467. The number of hydrogen-bond acceptors (Lipinski definition) is 4. The van der Waals surface area contributed by atoms with Crippen LogP contribution in [-0.2, 0) is 11.0 Å². The van der Waals surface area contributed by atoms with Crippen molar-refractivity contribution in [2.45, 2.75) is 45.5 Å². The van der Waals surface area contributed by atoms with Crippen LogP contribution in [0.5, 0.6) is 5.75 Å². The first-order valence-corrected chi connectivity index (χ1v) is 9.73. The van der Waals surface area contributed by atoms with Crippen LogP contribution in [0.2, 0.25) is 23.3 Å². The summed E-state index contributed by atoms with van der Waals surface area (Å²) < 4.78 is 11.2. The molecule has 0 bridgehead atoms. The third kappa shape index (κ3) is 3.81. The molecule has 0 saturated heterocycles. The number of rotatable bonds is 5. The van der Waals surface area contributed by atoms with Crippen LogP contribution in [0.15, 0.2) is 6.07 Å². The van der Waals surface area contributed by atoms with E-state index in [0.29, 0.717) is 24.3 Å². The molecule has 1 heterocycles. The van der Waals surface area contributed by atoms with Gasteiger partial charge in [-0.3, -0.25) is 4.79 Å². The van der Waals surface area contributed by atoms with Crippen LogP contribution in [0.3, 0.4) is 0 Å². The molecule has 0 radical (unpaired) electrons. The number of halogens is 1. The summed E-state index contributed by atoms with van der Waals surface area (Å²) in [5.41, 5.74) is 0.938. The molecule has 0 aliphatic heterocycles. The van der Waals surface area contributed by atoms with Crippen molar-refractivity contribution in [2.75, 3.05) is 7.11 Å². The number of aromatic nitrogens is 1. The van der Waals surface area contributed by atoms with Crippen molar-refractivity contribution in [3.8, 4) is 5.75 Å². The van der Waals surface area contributed by atoms with Gasteiger partial charge in [0, 0.05) is 6.07 Å². The third-order valence-electron chi connectivity index (χ3n) is 3.75. The number of hydrogen-bond donors (Lipinski definition) is 0. The number of carbonyl (C=O) groups is 1. The first kappa shape index (κ1) is 17.1. The maximum atomic E-state index is 10.9. The van der Waals surface area contributed by atoms with Crippen LogP contribution in [0.4, 0.5) is 0 Å². The van der Waals surface area contributed by atoms with Crippen molar-refractivity contribution in [1.29, 1.82) is 0 Å². The lowest BCUT2D eigenvalue weighted by Gasteiger charge is -2.36. The van der Waals surface area contributed by atoms with E-state index < -0.39 is 8.32 Å². The molecule has 0 aliphatic carbocycles. The van der Waals surface area contributed by atoms with Crippen LogP contribution in [0.1, 0.15) is 36.8 Å². The minimum absolute atomic E-state index is 0.129. The molecule has 0 aromatic carbocycles. The Balaban J connectivity index is 2.95. The Bertz CT molecular complexity index is 498. The molecule has 112 valence electrons. The summed E-state index contributed by atoms with van der Waals surface area (Å²) in [6.45, 7) is 11.2. The minimum atomic E-state index is -1.85. The van der Waals surface area contributed by atoms with Crippen molar-refractivity contribution in [3.05, 3.63) is 22.5 Å². The van der Waals surface area contributed by atoms with Gasteiger partial charge in [-0.05, 0) is 18.1 Å². The maximum absolute atomic E-state index is 10.9. The van der Waals surface area contributed by atoms with Gasteiger partial charge in [-0.25, -0.2) is 4.98 Å². The Kier molecular flexibility index (Phi) is 5.35. The van der Waals surface area contributed by atoms with Gasteiger partial charge in [-0.1, -0.05) is 32.4 Å². The van der Waals surface area contributed by atoms with Crippen LogP contribution in [0.25, 0.3) is 0 Å². The Morgan fingerprint density at radius 1 is 1.40 bits per heavy atom. The topological polar surface area (TPSA) is 48.4 Å². The lowest BCUT2D eigenvalue weighted by molar-refractivity contribution is 0.112. The molecular weight excluding hydrogens is 294 g/mol. The van der Waals surface area contributed by atoms with Crippen molar-refractivity contribution in [1.82, 2.24) is 4.98 Å². The standard InChI is InChI=1S/C14H22ClNO3Si/c1-14(2,3)20(5,6)19-9-10-7-12(18-4)11(8-17)13(15)16-10/h7-8H,9H2,1-6H3. The van der Waals surface area contributed by atoms with Crippen molar-refractivity contribution < 1.29 is 14.0 Å². The van der Waals surface area contributed by atoms with Gasteiger partial charge in [0.1, 0.15) is 10.9 Å². The smallest absolute Gasteiger partial charge is 0.192 e. The van der Waals surface area contributed by atoms with Crippen LogP contribution < -0.4 is 4.74 Å². The summed E-state index contributed by atoms with van der Waals surface area (Å²) in [4.78, 5) is 15.1. The SMILES string of the molecule is COc1cc(CO[Si](C)(C)C(C)(C)C)nc(Cl)c1C=O.